The van der Waals surface area contributed by atoms with Crippen LogP contribution in [0.2, 0.25) is 5.02 Å². The smallest absolute Gasteiger partial charge is 0.257 e. The molecule has 1 aliphatic rings. The minimum atomic E-state index is -0.0969. The Labute approximate surface area is 112 Å². The van der Waals surface area contributed by atoms with Crippen molar-refractivity contribution in [1.82, 2.24) is 4.90 Å². The van der Waals surface area contributed by atoms with Gasteiger partial charge in [-0.1, -0.05) is 25.4 Å². The maximum atomic E-state index is 12.4. The molecule has 1 N–H and O–H groups in total. The molecule has 2 rings (SSSR count). The average molecular weight is 268 g/mol. The number of benzene rings is 1. The molecule has 1 amide bonds. The summed E-state index contributed by atoms with van der Waals surface area (Å²) in [6.45, 7) is 4.90. The number of phenols is 1. The van der Waals surface area contributed by atoms with E-state index in [4.69, 9.17) is 11.6 Å². The van der Waals surface area contributed by atoms with E-state index in [1.807, 2.05) is 4.90 Å². The number of halogens is 1. The second kappa shape index (κ2) is 5.19. The van der Waals surface area contributed by atoms with Gasteiger partial charge in [-0.2, -0.15) is 0 Å². The summed E-state index contributed by atoms with van der Waals surface area (Å²) in [7, 11) is 0. The van der Waals surface area contributed by atoms with Crippen molar-refractivity contribution in [1.29, 1.82) is 0 Å². The number of carbonyl (C=O) groups excluding carboxylic acids is 1. The van der Waals surface area contributed by atoms with Crippen LogP contribution in [0.3, 0.4) is 0 Å². The molecule has 0 aromatic heterocycles. The number of aromatic hydroxyl groups is 1. The van der Waals surface area contributed by atoms with Crippen molar-refractivity contribution >= 4 is 17.5 Å². The Balaban J connectivity index is 2.22. The van der Waals surface area contributed by atoms with Gasteiger partial charge in [-0.25, -0.2) is 0 Å². The first-order valence-corrected chi connectivity index (χ1v) is 6.66. The molecule has 18 heavy (non-hydrogen) atoms. The molecule has 1 aromatic rings. The first-order chi connectivity index (χ1) is 8.49. The third kappa shape index (κ3) is 2.96. The summed E-state index contributed by atoms with van der Waals surface area (Å²) in [5, 5.41) is 10.3. The van der Waals surface area contributed by atoms with Crippen LogP contribution in [0.1, 0.15) is 37.0 Å². The topological polar surface area (TPSA) is 40.5 Å². The predicted octanol–water partition coefficient (Wildman–Crippen LogP) is 3.31. The highest BCUT2D eigenvalue weighted by Gasteiger charge is 2.34. The quantitative estimate of drug-likeness (QED) is 0.909. The molecule has 0 saturated heterocycles. The van der Waals surface area contributed by atoms with Gasteiger partial charge < -0.3 is 10.0 Å². The molecule has 98 valence electrons. The van der Waals surface area contributed by atoms with E-state index in [-0.39, 0.29) is 11.7 Å². The van der Waals surface area contributed by atoms with Crippen molar-refractivity contribution in [2.24, 2.45) is 5.92 Å². The van der Waals surface area contributed by atoms with Gasteiger partial charge in [-0.05, 0) is 37.0 Å². The van der Waals surface area contributed by atoms with E-state index in [1.54, 1.807) is 12.1 Å². The van der Waals surface area contributed by atoms with Crippen molar-refractivity contribution in [3.05, 3.63) is 28.8 Å². The minimum absolute atomic E-state index is 0.0399. The number of rotatable bonds is 4. The maximum absolute atomic E-state index is 12.4. The Morgan fingerprint density at radius 1 is 1.50 bits per heavy atom. The SMILES string of the molecule is CC(C)CN(C(=O)c1ccc(Cl)cc1O)C1CC1. The highest BCUT2D eigenvalue weighted by Crippen LogP contribution is 2.31. The van der Waals surface area contributed by atoms with Crippen molar-refractivity contribution in [3.63, 3.8) is 0 Å². The fraction of sp³-hybridized carbons (Fsp3) is 0.500. The Morgan fingerprint density at radius 3 is 2.67 bits per heavy atom. The monoisotopic (exact) mass is 267 g/mol. The van der Waals surface area contributed by atoms with Crippen LogP contribution in [-0.4, -0.2) is 28.5 Å². The zero-order chi connectivity index (χ0) is 13.3. The van der Waals surface area contributed by atoms with Gasteiger partial charge in [0.2, 0.25) is 0 Å². The Morgan fingerprint density at radius 2 is 2.17 bits per heavy atom. The molecule has 1 fully saturated rings. The second-order valence-electron chi connectivity index (χ2n) is 5.24. The van der Waals surface area contributed by atoms with Crippen LogP contribution in [0.15, 0.2) is 18.2 Å². The number of nitrogens with zero attached hydrogens (tertiary/aromatic N) is 1. The van der Waals surface area contributed by atoms with Crippen molar-refractivity contribution < 1.29 is 9.90 Å². The lowest BCUT2D eigenvalue weighted by atomic mass is 10.1. The van der Waals surface area contributed by atoms with Crippen LogP contribution in [-0.2, 0) is 0 Å². The molecule has 0 unspecified atom stereocenters. The zero-order valence-corrected chi connectivity index (χ0v) is 11.4. The van der Waals surface area contributed by atoms with Crippen LogP contribution in [0, 0.1) is 5.92 Å². The van der Waals surface area contributed by atoms with E-state index >= 15 is 0 Å². The van der Waals surface area contributed by atoms with E-state index in [2.05, 4.69) is 13.8 Å². The molecule has 0 bridgehead atoms. The lowest BCUT2D eigenvalue weighted by Gasteiger charge is -2.24. The Bertz CT molecular complexity index is 455. The lowest BCUT2D eigenvalue weighted by Crippen LogP contribution is -2.36. The minimum Gasteiger partial charge on any atom is -0.507 e. The van der Waals surface area contributed by atoms with Gasteiger partial charge in [-0.15, -0.1) is 0 Å². The normalized spacial score (nSPS) is 14.9. The number of hydrogen-bond donors (Lipinski definition) is 1. The predicted molar refractivity (Wildman–Crippen MR) is 72.0 cm³/mol. The number of carbonyl (C=O) groups is 1. The van der Waals surface area contributed by atoms with Gasteiger partial charge in [0, 0.05) is 17.6 Å². The maximum Gasteiger partial charge on any atom is 0.257 e. The van der Waals surface area contributed by atoms with Gasteiger partial charge in [-0.3, -0.25) is 4.79 Å². The van der Waals surface area contributed by atoms with Gasteiger partial charge in [0.05, 0.1) is 5.56 Å². The van der Waals surface area contributed by atoms with E-state index in [1.165, 1.54) is 6.07 Å². The number of amides is 1. The molecule has 0 heterocycles. The molecule has 0 aliphatic heterocycles. The molecule has 0 atom stereocenters. The Hall–Kier alpha value is -1.22. The fourth-order valence-electron chi connectivity index (χ4n) is 2.02. The first-order valence-electron chi connectivity index (χ1n) is 6.28. The molecule has 1 aromatic carbocycles. The lowest BCUT2D eigenvalue weighted by molar-refractivity contribution is 0.0719. The van der Waals surface area contributed by atoms with Crippen molar-refractivity contribution in [2.75, 3.05) is 6.54 Å². The number of phenolic OH excluding ortho intramolecular Hbond substituents is 1. The van der Waals surface area contributed by atoms with E-state index in [0.717, 1.165) is 19.4 Å². The van der Waals surface area contributed by atoms with Crippen LogP contribution in [0.25, 0.3) is 0 Å². The molecule has 1 saturated carbocycles. The standard InChI is InChI=1S/C14H18ClNO2/c1-9(2)8-16(11-4-5-11)14(18)12-6-3-10(15)7-13(12)17/h3,6-7,9,11,17H,4-5,8H2,1-2H3. The van der Waals surface area contributed by atoms with Crippen LogP contribution < -0.4 is 0 Å². The van der Waals surface area contributed by atoms with Crippen LogP contribution in [0.4, 0.5) is 0 Å². The third-order valence-corrected chi connectivity index (χ3v) is 3.24. The summed E-state index contributed by atoms with van der Waals surface area (Å²) in [6.07, 6.45) is 2.12. The van der Waals surface area contributed by atoms with E-state index < -0.39 is 0 Å². The highest BCUT2D eigenvalue weighted by molar-refractivity contribution is 6.30. The average Bonchev–Trinajstić information content (AvgIpc) is 3.08. The van der Waals surface area contributed by atoms with E-state index in [9.17, 15) is 9.90 Å². The molecule has 3 nitrogen and oxygen atoms in total. The first kappa shape index (κ1) is 13.2. The van der Waals surface area contributed by atoms with Gasteiger partial charge >= 0.3 is 0 Å². The second-order valence-corrected chi connectivity index (χ2v) is 5.68. The summed E-state index contributed by atoms with van der Waals surface area (Å²) < 4.78 is 0. The van der Waals surface area contributed by atoms with Crippen LogP contribution in [0.5, 0.6) is 5.75 Å². The Kier molecular flexibility index (Phi) is 3.81. The largest absolute Gasteiger partial charge is 0.507 e. The summed E-state index contributed by atoms with van der Waals surface area (Å²) in [5.41, 5.74) is 0.340. The molecular weight excluding hydrogens is 250 g/mol. The number of hydrogen-bond acceptors (Lipinski definition) is 2. The summed E-state index contributed by atoms with van der Waals surface area (Å²) >= 11 is 5.78. The molecule has 0 radical (unpaired) electrons. The fourth-order valence-corrected chi connectivity index (χ4v) is 2.18. The molecule has 4 heteroatoms. The molecular formula is C14H18ClNO2. The summed E-state index contributed by atoms with van der Waals surface area (Å²) in [5.74, 6) is 0.284. The van der Waals surface area contributed by atoms with Crippen molar-refractivity contribution in [2.45, 2.75) is 32.7 Å². The van der Waals surface area contributed by atoms with Gasteiger partial charge in [0.1, 0.15) is 5.75 Å². The van der Waals surface area contributed by atoms with Crippen molar-refractivity contribution in [3.8, 4) is 5.75 Å². The van der Waals surface area contributed by atoms with Crippen LogP contribution >= 0.6 is 11.6 Å². The van der Waals surface area contributed by atoms with E-state index in [0.29, 0.717) is 22.5 Å². The molecule has 1 aliphatic carbocycles. The third-order valence-electron chi connectivity index (χ3n) is 3.00. The summed E-state index contributed by atoms with van der Waals surface area (Å²) in [4.78, 5) is 14.3. The zero-order valence-electron chi connectivity index (χ0n) is 10.7. The highest BCUT2D eigenvalue weighted by atomic mass is 35.5. The summed E-state index contributed by atoms with van der Waals surface area (Å²) in [6, 6.07) is 4.98. The van der Waals surface area contributed by atoms with Gasteiger partial charge in [0.15, 0.2) is 0 Å². The molecule has 0 spiro atoms. The van der Waals surface area contributed by atoms with Gasteiger partial charge in [0.25, 0.3) is 5.91 Å².